The number of carbonyl (C=O) groups is 1. The molecule has 1 heterocycles. The lowest BCUT2D eigenvalue weighted by Crippen LogP contribution is -2.56. The fraction of sp³-hybridized carbons (Fsp3) is 0.933. The predicted molar refractivity (Wildman–Crippen MR) is 77.9 cm³/mol. The minimum Gasteiger partial charge on any atom is -0.480 e. The molecule has 0 aromatic rings. The number of nitrogens with zero attached hydrogens (tertiary/aromatic N) is 1. The number of morpholine rings is 1. The van der Waals surface area contributed by atoms with Gasteiger partial charge in [0.05, 0.1) is 12.7 Å². The van der Waals surface area contributed by atoms with Gasteiger partial charge in [0.1, 0.15) is 5.54 Å². The second-order valence-corrected chi connectivity index (χ2v) is 6.77. The van der Waals surface area contributed by atoms with Crippen LogP contribution in [-0.4, -0.2) is 58.9 Å². The monoisotopic (exact) mass is 284 g/mol. The molecule has 0 aromatic carbocycles. The Labute approximate surface area is 121 Å². The van der Waals surface area contributed by atoms with Gasteiger partial charge in [-0.25, -0.2) is 0 Å². The molecule has 0 aromatic heterocycles. The first kappa shape index (κ1) is 15.7. The Bertz CT molecular complexity index is 361. The third-order valence-electron chi connectivity index (χ3n) is 4.59. The van der Waals surface area contributed by atoms with Gasteiger partial charge in [0.25, 0.3) is 0 Å². The van der Waals surface area contributed by atoms with Gasteiger partial charge in [0.15, 0.2) is 0 Å². The standard InChI is InChI=1S/C15H28N2O3/c1-10(2)16-15(14(18)19)6-5-13(7-15)17-8-12(4)20-9-11(17)3/h10-13,16H,5-9H2,1-4H3,(H,18,19). The van der Waals surface area contributed by atoms with Gasteiger partial charge in [-0.15, -0.1) is 0 Å². The molecule has 5 heteroatoms. The van der Waals surface area contributed by atoms with E-state index >= 15 is 0 Å². The zero-order valence-electron chi connectivity index (χ0n) is 13.1. The Morgan fingerprint density at radius 3 is 2.75 bits per heavy atom. The van der Waals surface area contributed by atoms with Crippen LogP contribution in [0.15, 0.2) is 0 Å². The van der Waals surface area contributed by atoms with Crippen molar-refractivity contribution in [2.24, 2.45) is 0 Å². The van der Waals surface area contributed by atoms with Gasteiger partial charge in [-0.1, -0.05) is 0 Å². The van der Waals surface area contributed by atoms with Crippen molar-refractivity contribution in [3.05, 3.63) is 0 Å². The van der Waals surface area contributed by atoms with Gasteiger partial charge in [0, 0.05) is 24.7 Å². The summed E-state index contributed by atoms with van der Waals surface area (Å²) in [4.78, 5) is 14.2. The van der Waals surface area contributed by atoms with Crippen LogP contribution in [0.5, 0.6) is 0 Å². The van der Waals surface area contributed by atoms with Gasteiger partial charge < -0.3 is 9.84 Å². The second kappa shape index (κ2) is 6.00. The molecule has 4 atom stereocenters. The third-order valence-corrected chi connectivity index (χ3v) is 4.59. The molecule has 5 nitrogen and oxygen atoms in total. The molecule has 1 aliphatic carbocycles. The number of rotatable bonds is 4. The molecule has 1 saturated carbocycles. The summed E-state index contributed by atoms with van der Waals surface area (Å²) >= 11 is 0. The molecule has 1 aliphatic heterocycles. The van der Waals surface area contributed by atoms with Crippen LogP contribution >= 0.6 is 0 Å². The van der Waals surface area contributed by atoms with E-state index in [1.165, 1.54) is 0 Å². The topological polar surface area (TPSA) is 61.8 Å². The number of carboxylic acids is 1. The van der Waals surface area contributed by atoms with Crippen molar-refractivity contribution in [3.8, 4) is 0 Å². The predicted octanol–water partition coefficient (Wildman–Crippen LogP) is 1.47. The van der Waals surface area contributed by atoms with E-state index in [1.54, 1.807) is 0 Å². The van der Waals surface area contributed by atoms with E-state index in [4.69, 9.17) is 4.74 Å². The van der Waals surface area contributed by atoms with Crippen molar-refractivity contribution in [1.29, 1.82) is 0 Å². The average molecular weight is 284 g/mol. The third kappa shape index (κ3) is 3.15. The van der Waals surface area contributed by atoms with E-state index in [9.17, 15) is 9.90 Å². The number of aliphatic carboxylic acids is 1. The van der Waals surface area contributed by atoms with Crippen LogP contribution in [0.3, 0.4) is 0 Å². The molecule has 116 valence electrons. The molecule has 0 radical (unpaired) electrons. The van der Waals surface area contributed by atoms with Gasteiger partial charge in [-0.2, -0.15) is 0 Å². The number of ether oxygens (including phenoxy) is 1. The Morgan fingerprint density at radius 2 is 2.15 bits per heavy atom. The minimum absolute atomic E-state index is 0.186. The van der Waals surface area contributed by atoms with Crippen molar-refractivity contribution in [2.45, 2.75) is 76.7 Å². The van der Waals surface area contributed by atoms with Crippen molar-refractivity contribution < 1.29 is 14.6 Å². The molecular weight excluding hydrogens is 256 g/mol. The largest absolute Gasteiger partial charge is 0.480 e. The highest BCUT2D eigenvalue weighted by atomic mass is 16.5. The summed E-state index contributed by atoms with van der Waals surface area (Å²) in [6, 6.07) is 0.907. The summed E-state index contributed by atoms with van der Waals surface area (Å²) in [5.74, 6) is -0.706. The Morgan fingerprint density at radius 1 is 1.45 bits per heavy atom. The summed E-state index contributed by atoms with van der Waals surface area (Å²) in [6.45, 7) is 9.93. The summed E-state index contributed by atoms with van der Waals surface area (Å²) in [6.07, 6.45) is 2.59. The summed E-state index contributed by atoms with van der Waals surface area (Å²) < 4.78 is 5.67. The van der Waals surface area contributed by atoms with E-state index in [1.807, 2.05) is 13.8 Å². The maximum atomic E-state index is 11.7. The van der Waals surface area contributed by atoms with E-state index in [0.29, 0.717) is 24.9 Å². The lowest BCUT2D eigenvalue weighted by molar-refractivity contribution is -0.145. The molecule has 2 aliphatic rings. The SMILES string of the molecule is CC(C)NC1(C(=O)O)CCC(N2CC(C)OCC2C)C1. The van der Waals surface area contributed by atoms with Gasteiger partial charge in [-0.3, -0.25) is 15.0 Å². The molecule has 0 amide bonds. The first-order valence-electron chi connectivity index (χ1n) is 7.72. The van der Waals surface area contributed by atoms with Crippen LogP contribution < -0.4 is 5.32 Å². The smallest absolute Gasteiger partial charge is 0.323 e. The molecule has 4 unspecified atom stereocenters. The Balaban J connectivity index is 2.07. The molecule has 2 fully saturated rings. The van der Waals surface area contributed by atoms with Crippen LogP contribution in [0.2, 0.25) is 0 Å². The highest BCUT2D eigenvalue weighted by Gasteiger charge is 2.48. The van der Waals surface area contributed by atoms with Crippen LogP contribution in [0.4, 0.5) is 0 Å². The number of carboxylic acid groups (broad SMARTS) is 1. The van der Waals surface area contributed by atoms with E-state index < -0.39 is 11.5 Å². The molecule has 0 spiro atoms. The number of hydrogen-bond acceptors (Lipinski definition) is 4. The van der Waals surface area contributed by atoms with Crippen molar-refractivity contribution in [3.63, 3.8) is 0 Å². The highest BCUT2D eigenvalue weighted by Crippen LogP contribution is 2.35. The number of nitrogens with one attached hydrogen (secondary N) is 1. The van der Waals surface area contributed by atoms with E-state index in [2.05, 4.69) is 24.1 Å². The normalized spacial score (nSPS) is 39.4. The molecular formula is C15H28N2O3. The molecule has 0 bridgehead atoms. The maximum Gasteiger partial charge on any atom is 0.323 e. The van der Waals surface area contributed by atoms with Gasteiger partial charge in [-0.05, 0) is 47.0 Å². The fourth-order valence-electron chi connectivity index (χ4n) is 3.68. The van der Waals surface area contributed by atoms with Crippen LogP contribution in [-0.2, 0) is 9.53 Å². The van der Waals surface area contributed by atoms with Gasteiger partial charge >= 0.3 is 5.97 Å². The lowest BCUT2D eigenvalue weighted by Gasteiger charge is -2.41. The molecule has 20 heavy (non-hydrogen) atoms. The highest BCUT2D eigenvalue weighted by molar-refractivity contribution is 5.79. The van der Waals surface area contributed by atoms with Crippen LogP contribution in [0.25, 0.3) is 0 Å². The molecule has 1 saturated heterocycles. The maximum absolute atomic E-state index is 11.7. The Kier molecular flexibility index (Phi) is 4.72. The van der Waals surface area contributed by atoms with Crippen molar-refractivity contribution >= 4 is 5.97 Å². The number of hydrogen-bond donors (Lipinski definition) is 2. The van der Waals surface area contributed by atoms with Crippen LogP contribution in [0, 0.1) is 0 Å². The Hall–Kier alpha value is -0.650. The first-order valence-corrected chi connectivity index (χ1v) is 7.72. The fourth-order valence-corrected chi connectivity index (χ4v) is 3.68. The van der Waals surface area contributed by atoms with Crippen LogP contribution in [0.1, 0.15) is 47.0 Å². The van der Waals surface area contributed by atoms with E-state index in [-0.39, 0.29) is 12.1 Å². The zero-order chi connectivity index (χ0) is 14.9. The van der Waals surface area contributed by atoms with Gasteiger partial charge in [0.2, 0.25) is 0 Å². The summed E-state index contributed by atoms with van der Waals surface area (Å²) in [7, 11) is 0. The average Bonchev–Trinajstić information content (AvgIpc) is 2.77. The summed E-state index contributed by atoms with van der Waals surface area (Å²) in [5, 5.41) is 12.9. The van der Waals surface area contributed by atoms with Crippen molar-refractivity contribution in [2.75, 3.05) is 13.2 Å². The summed E-state index contributed by atoms with van der Waals surface area (Å²) in [5.41, 5.74) is -0.750. The molecule has 2 rings (SSSR count). The first-order chi connectivity index (χ1) is 9.34. The second-order valence-electron chi connectivity index (χ2n) is 6.77. The van der Waals surface area contributed by atoms with Crippen molar-refractivity contribution in [1.82, 2.24) is 10.2 Å². The van der Waals surface area contributed by atoms with E-state index in [0.717, 1.165) is 19.6 Å². The quantitative estimate of drug-likeness (QED) is 0.818. The lowest BCUT2D eigenvalue weighted by atomic mass is 9.95. The molecule has 2 N–H and O–H groups in total. The minimum atomic E-state index is -0.750. The zero-order valence-corrected chi connectivity index (χ0v) is 13.1.